The first-order valence-electron chi connectivity index (χ1n) is 5.69. The topological polar surface area (TPSA) is 49.8 Å². The minimum atomic E-state index is -0.684. The lowest BCUT2D eigenvalue weighted by molar-refractivity contribution is -0.154. The molecule has 2 rings (SSSR count). The van der Waals surface area contributed by atoms with Gasteiger partial charge in [0, 0.05) is 13.1 Å². The van der Waals surface area contributed by atoms with Gasteiger partial charge in [0.1, 0.15) is 5.54 Å². The van der Waals surface area contributed by atoms with E-state index in [-0.39, 0.29) is 0 Å². The van der Waals surface area contributed by atoms with E-state index in [0.29, 0.717) is 19.1 Å². The number of morpholine rings is 1. The first kappa shape index (κ1) is 10.9. The number of carboxylic acid groups (broad SMARTS) is 1. The standard InChI is InChI=1S/C11H19NO3/c1-11(10(13)14,8-9-2-3-9)12-4-6-15-7-5-12/h9H,2-8H2,1H3,(H,13,14). The van der Waals surface area contributed by atoms with Gasteiger partial charge in [0.05, 0.1) is 13.2 Å². The van der Waals surface area contributed by atoms with Gasteiger partial charge in [-0.1, -0.05) is 12.8 Å². The van der Waals surface area contributed by atoms with Crippen LogP contribution in [0.15, 0.2) is 0 Å². The van der Waals surface area contributed by atoms with Crippen molar-refractivity contribution in [2.24, 2.45) is 5.92 Å². The second kappa shape index (κ2) is 4.10. The molecule has 0 spiro atoms. The summed E-state index contributed by atoms with van der Waals surface area (Å²) < 4.78 is 5.26. The number of rotatable bonds is 4. The summed E-state index contributed by atoms with van der Waals surface area (Å²) in [6.07, 6.45) is 3.20. The maximum absolute atomic E-state index is 11.4. The maximum atomic E-state index is 11.4. The van der Waals surface area contributed by atoms with Gasteiger partial charge < -0.3 is 9.84 Å². The van der Waals surface area contributed by atoms with Gasteiger partial charge in [-0.05, 0) is 19.3 Å². The molecule has 15 heavy (non-hydrogen) atoms. The van der Waals surface area contributed by atoms with E-state index in [1.165, 1.54) is 12.8 Å². The summed E-state index contributed by atoms with van der Waals surface area (Å²) in [5.41, 5.74) is -0.676. The fraction of sp³-hybridized carbons (Fsp3) is 0.909. The van der Waals surface area contributed by atoms with Crippen LogP contribution in [0.25, 0.3) is 0 Å². The van der Waals surface area contributed by atoms with E-state index in [9.17, 15) is 9.90 Å². The van der Waals surface area contributed by atoms with Crippen LogP contribution >= 0.6 is 0 Å². The number of nitrogens with zero attached hydrogens (tertiary/aromatic N) is 1. The lowest BCUT2D eigenvalue weighted by atomic mass is 9.92. The predicted molar refractivity (Wildman–Crippen MR) is 55.8 cm³/mol. The third kappa shape index (κ3) is 2.32. The van der Waals surface area contributed by atoms with E-state index in [1.807, 2.05) is 6.92 Å². The average Bonchev–Trinajstić information content (AvgIpc) is 3.02. The Labute approximate surface area is 90.2 Å². The van der Waals surface area contributed by atoms with Crippen molar-refractivity contribution < 1.29 is 14.6 Å². The van der Waals surface area contributed by atoms with Crippen molar-refractivity contribution in [1.82, 2.24) is 4.90 Å². The number of carbonyl (C=O) groups is 1. The van der Waals surface area contributed by atoms with E-state index in [4.69, 9.17) is 4.74 Å². The summed E-state index contributed by atoms with van der Waals surface area (Å²) in [6, 6.07) is 0. The van der Waals surface area contributed by atoms with Crippen molar-refractivity contribution in [2.75, 3.05) is 26.3 Å². The van der Waals surface area contributed by atoms with Crippen molar-refractivity contribution in [3.05, 3.63) is 0 Å². The first-order valence-corrected chi connectivity index (χ1v) is 5.69. The minimum Gasteiger partial charge on any atom is -0.480 e. The highest BCUT2D eigenvalue weighted by molar-refractivity contribution is 5.78. The molecule has 1 aliphatic carbocycles. The van der Waals surface area contributed by atoms with E-state index in [2.05, 4.69) is 4.90 Å². The van der Waals surface area contributed by atoms with Gasteiger partial charge in [-0.25, -0.2) is 0 Å². The molecule has 0 aromatic rings. The van der Waals surface area contributed by atoms with E-state index in [1.54, 1.807) is 0 Å². The molecule has 1 aliphatic heterocycles. The summed E-state index contributed by atoms with van der Waals surface area (Å²) in [5, 5.41) is 9.38. The quantitative estimate of drug-likeness (QED) is 0.755. The second-order valence-corrected chi connectivity index (χ2v) is 4.83. The van der Waals surface area contributed by atoms with Gasteiger partial charge in [0.25, 0.3) is 0 Å². The minimum absolute atomic E-state index is 0.633. The Morgan fingerprint density at radius 1 is 1.47 bits per heavy atom. The molecule has 2 fully saturated rings. The Hall–Kier alpha value is -0.610. The molecule has 0 amide bonds. The van der Waals surface area contributed by atoms with Crippen LogP contribution in [-0.4, -0.2) is 47.8 Å². The van der Waals surface area contributed by atoms with Crippen LogP contribution in [0.2, 0.25) is 0 Å². The van der Waals surface area contributed by atoms with E-state index < -0.39 is 11.5 Å². The molecule has 0 bridgehead atoms. The molecule has 2 aliphatic rings. The van der Waals surface area contributed by atoms with Gasteiger partial charge in [-0.3, -0.25) is 9.69 Å². The molecular weight excluding hydrogens is 194 g/mol. The number of carboxylic acids is 1. The smallest absolute Gasteiger partial charge is 0.323 e. The number of aliphatic carboxylic acids is 1. The van der Waals surface area contributed by atoms with Crippen LogP contribution < -0.4 is 0 Å². The Balaban J connectivity index is 2.04. The van der Waals surface area contributed by atoms with Crippen LogP contribution in [0.4, 0.5) is 0 Å². The Bertz CT molecular complexity index is 246. The molecule has 1 saturated heterocycles. The molecule has 1 saturated carbocycles. The maximum Gasteiger partial charge on any atom is 0.323 e. The van der Waals surface area contributed by atoms with Gasteiger partial charge in [-0.2, -0.15) is 0 Å². The van der Waals surface area contributed by atoms with Crippen LogP contribution in [0.3, 0.4) is 0 Å². The van der Waals surface area contributed by atoms with Crippen molar-refractivity contribution in [2.45, 2.75) is 31.7 Å². The van der Waals surface area contributed by atoms with Crippen LogP contribution in [0.1, 0.15) is 26.2 Å². The van der Waals surface area contributed by atoms with Gasteiger partial charge in [-0.15, -0.1) is 0 Å². The molecule has 0 radical (unpaired) electrons. The summed E-state index contributed by atoms with van der Waals surface area (Å²) >= 11 is 0. The fourth-order valence-corrected chi connectivity index (χ4v) is 2.29. The highest BCUT2D eigenvalue weighted by Crippen LogP contribution is 2.39. The van der Waals surface area contributed by atoms with Crippen molar-refractivity contribution >= 4 is 5.97 Å². The first-order chi connectivity index (χ1) is 7.13. The molecule has 1 atom stereocenters. The van der Waals surface area contributed by atoms with E-state index >= 15 is 0 Å². The molecule has 0 aromatic heterocycles. The molecule has 4 heteroatoms. The summed E-state index contributed by atoms with van der Waals surface area (Å²) in [7, 11) is 0. The molecule has 86 valence electrons. The Kier molecular flexibility index (Phi) is 2.98. The zero-order valence-corrected chi connectivity index (χ0v) is 9.24. The summed E-state index contributed by atoms with van der Waals surface area (Å²) in [5.74, 6) is -0.0507. The van der Waals surface area contributed by atoms with Crippen molar-refractivity contribution in [3.63, 3.8) is 0 Å². The normalized spacial score (nSPS) is 27.3. The molecule has 1 heterocycles. The zero-order chi connectivity index (χ0) is 10.9. The number of hydrogen-bond acceptors (Lipinski definition) is 3. The van der Waals surface area contributed by atoms with Crippen LogP contribution in [0.5, 0.6) is 0 Å². The molecule has 1 unspecified atom stereocenters. The van der Waals surface area contributed by atoms with Crippen LogP contribution in [-0.2, 0) is 9.53 Å². The summed E-state index contributed by atoms with van der Waals surface area (Å²) in [4.78, 5) is 13.5. The zero-order valence-electron chi connectivity index (χ0n) is 9.24. The average molecular weight is 213 g/mol. The Morgan fingerprint density at radius 3 is 2.53 bits per heavy atom. The van der Waals surface area contributed by atoms with Gasteiger partial charge >= 0.3 is 5.97 Å². The predicted octanol–water partition coefficient (Wildman–Crippen LogP) is 0.962. The fourth-order valence-electron chi connectivity index (χ4n) is 2.29. The third-order valence-electron chi connectivity index (χ3n) is 3.55. The highest BCUT2D eigenvalue weighted by Gasteiger charge is 2.44. The van der Waals surface area contributed by atoms with Gasteiger partial charge in [0.2, 0.25) is 0 Å². The van der Waals surface area contributed by atoms with Crippen molar-refractivity contribution in [3.8, 4) is 0 Å². The molecule has 0 aromatic carbocycles. The number of ether oxygens (including phenoxy) is 1. The SMILES string of the molecule is CC(CC1CC1)(C(=O)O)N1CCOCC1. The molecular formula is C11H19NO3. The monoisotopic (exact) mass is 213 g/mol. The second-order valence-electron chi connectivity index (χ2n) is 4.83. The molecule has 1 N–H and O–H groups in total. The van der Waals surface area contributed by atoms with Crippen LogP contribution in [0, 0.1) is 5.92 Å². The molecule has 4 nitrogen and oxygen atoms in total. The van der Waals surface area contributed by atoms with E-state index in [0.717, 1.165) is 19.5 Å². The van der Waals surface area contributed by atoms with Gasteiger partial charge in [0.15, 0.2) is 0 Å². The number of hydrogen-bond donors (Lipinski definition) is 1. The van der Waals surface area contributed by atoms with Crippen molar-refractivity contribution in [1.29, 1.82) is 0 Å². The Morgan fingerprint density at radius 2 is 2.07 bits per heavy atom. The lowest BCUT2D eigenvalue weighted by Gasteiger charge is -2.40. The largest absolute Gasteiger partial charge is 0.480 e. The summed E-state index contributed by atoms with van der Waals surface area (Å²) in [6.45, 7) is 4.67. The third-order valence-corrected chi connectivity index (χ3v) is 3.55. The highest BCUT2D eigenvalue weighted by atomic mass is 16.5. The lowest BCUT2D eigenvalue weighted by Crippen LogP contribution is -2.56.